The lowest BCUT2D eigenvalue weighted by Crippen LogP contribution is -2.35. The molecule has 14 heavy (non-hydrogen) atoms. The Morgan fingerprint density at radius 3 is 2.43 bits per heavy atom. The van der Waals surface area contributed by atoms with Crippen molar-refractivity contribution in [1.29, 1.82) is 0 Å². The Balaban J connectivity index is 3.52. The summed E-state index contributed by atoms with van der Waals surface area (Å²) in [5.74, 6) is 0. The number of hydrogen-bond acceptors (Lipinski definition) is 2. The van der Waals surface area contributed by atoms with E-state index in [1.54, 1.807) is 0 Å². The highest BCUT2D eigenvalue weighted by molar-refractivity contribution is 9.09. The van der Waals surface area contributed by atoms with Crippen LogP contribution in [0.5, 0.6) is 0 Å². The molecule has 0 aliphatic rings. The summed E-state index contributed by atoms with van der Waals surface area (Å²) < 4.78 is 5.49. The van der Waals surface area contributed by atoms with Crippen LogP contribution in [0.1, 0.15) is 33.6 Å². The third-order valence-corrected chi connectivity index (χ3v) is 2.74. The molecule has 0 aromatic rings. The lowest BCUT2D eigenvalue weighted by atomic mass is 10.3. The van der Waals surface area contributed by atoms with Gasteiger partial charge in [0, 0.05) is 24.5 Å². The van der Waals surface area contributed by atoms with Crippen molar-refractivity contribution in [3.05, 3.63) is 0 Å². The fraction of sp³-hybridized carbons (Fsp3) is 1.00. The van der Waals surface area contributed by atoms with Crippen LogP contribution in [0, 0.1) is 0 Å². The Morgan fingerprint density at radius 1 is 1.21 bits per heavy atom. The molecule has 0 heterocycles. The molecule has 0 saturated carbocycles. The van der Waals surface area contributed by atoms with Gasteiger partial charge < -0.3 is 4.74 Å². The maximum absolute atomic E-state index is 5.49. The third-order valence-electron chi connectivity index (χ3n) is 2.18. The summed E-state index contributed by atoms with van der Waals surface area (Å²) in [6.45, 7) is 10.6. The molecule has 0 aliphatic heterocycles. The maximum Gasteiger partial charge on any atom is 0.0593 e. The summed E-state index contributed by atoms with van der Waals surface area (Å²) >= 11 is 3.46. The van der Waals surface area contributed by atoms with Gasteiger partial charge >= 0.3 is 0 Å². The van der Waals surface area contributed by atoms with Gasteiger partial charge in [0.2, 0.25) is 0 Å². The molecular formula is C11H24BrNO. The Bertz CT molecular complexity index is 120. The highest BCUT2D eigenvalue weighted by Crippen LogP contribution is 2.01. The molecule has 3 heteroatoms. The first-order valence-electron chi connectivity index (χ1n) is 5.60. The lowest BCUT2D eigenvalue weighted by Gasteiger charge is -2.25. The molecule has 0 fully saturated rings. The van der Waals surface area contributed by atoms with Crippen LogP contribution in [0.15, 0.2) is 0 Å². The summed E-state index contributed by atoms with van der Waals surface area (Å²) in [7, 11) is 0. The van der Waals surface area contributed by atoms with Crippen LogP contribution < -0.4 is 0 Å². The second-order valence-corrected chi connectivity index (χ2v) is 4.58. The van der Waals surface area contributed by atoms with E-state index in [0.717, 1.165) is 31.5 Å². The molecule has 0 bridgehead atoms. The summed E-state index contributed by atoms with van der Waals surface area (Å²) in [6, 6.07) is 0.624. The molecule has 0 radical (unpaired) electrons. The Labute approximate surface area is 97.1 Å². The highest BCUT2D eigenvalue weighted by atomic mass is 79.9. The van der Waals surface area contributed by atoms with Gasteiger partial charge in [-0.1, -0.05) is 22.9 Å². The van der Waals surface area contributed by atoms with E-state index < -0.39 is 0 Å². The summed E-state index contributed by atoms with van der Waals surface area (Å²) in [4.78, 5) is 2.47. The van der Waals surface area contributed by atoms with Crippen molar-refractivity contribution < 1.29 is 4.74 Å². The molecule has 0 N–H and O–H groups in total. The fourth-order valence-electron chi connectivity index (χ4n) is 1.32. The van der Waals surface area contributed by atoms with Gasteiger partial charge in [-0.3, -0.25) is 4.90 Å². The zero-order valence-corrected chi connectivity index (χ0v) is 11.3. The largest absolute Gasteiger partial charge is 0.380 e. The van der Waals surface area contributed by atoms with Crippen LogP contribution in [-0.4, -0.2) is 42.6 Å². The maximum atomic E-state index is 5.49. The monoisotopic (exact) mass is 265 g/mol. The van der Waals surface area contributed by atoms with Gasteiger partial charge in [0.05, 0.1) is 6.61 Å². The van der Waals surface area contributed by atoms with Crippen LogP contribution >= 0.6 is 15.9 Å². The number of nitrogens with zero attached hydrogens (tertiary/aromatic N) is 1. The number of hydrogen-bond donors (Lipinski definition) is 0. The number of alkyl halides is 1. The van der Waals surface area contributed by atoms with Crippen LogP contribution in [0.3, 0.4) is 0 Å². The Hall–Kier alpha value is 0.400. The Kier molecular flexibility index (Phi) is 10.2. The Morgan fingerprint density at radius 2 is 1.93 bits per heavy atom. The van der Waals surface area contributed by atoms with Gasteiger partial charge in [0.15, 0.2) is 0 Å². The van der Waals surface area contributed by atoms with E-state index in [4.69, 9.17) is 4.74 Å². The smallest absolute Gasteiger partial charge is 0.0593 e. The molecule has 0 unspecified atom stereocenters. The van der Waals surface area contributed by atoms with Gasteiger partial charge in [-0.2, -0.15) is 0 Å². The predicted molar refractivity (Wildman–Crippen MR) is 66.2 cm³/mol. The van der Waals surface area contributed by atoms with Crippen molar-refractivity contribution in [2.75, 3.05) is 31.6 Å². The van der Waals surface area contributed by atoms with Crippen molar-refractivity contribution in [3.63, 3.8) is 0 Å². The summed E-state index contributed by atoms with van der Waals surface area (Å²) in [6.07, 6.45) is 2.33. The van der Waals surface area contributed by atoms with E-state index in [0.29, 0.717) is 6.04 Å². The summed E-state index contributed by atoms with van der Waals surface area (Å²) in [5, 5.41) is 1.09. The number of ether oxygens (including phenoxy) is 1. The molecule has 0 aliphatic carbocycles. The molecule has 0 rings (SSSR count). The SMILES string of the molecule is CCCOCCN(CCCBr)C(C)C. The fourth-order valence-corrected chi connectivity index (χ4v) is 1.57. The van der Waals surface area contributed by atoms with Crippen molar-refractivity contribution in [2.24, 2.45) is 0 Å². The normalized spacial score (nSPS) is 11.6. The molecule has 2 nitrogen and oxygen atoms in total. The van der Waals surface area contributed by atoms with E-state index in [9.17, 15) is 0 Å². The second kappa shape index (κ2) is 9.94. The van der Waals surface area contributed by atoms with Gasteiger partial charge in [-0.15, -0.1) is 0 Å². The van der Waals surface area contributed by atoms with Crippen LogP contribution in [0.25, 0.3) is 0 Å². The minimum Gasteiger partial charge on any atom is -0.380 e. The molecule has 0 saturated heterocycles. The average Bonchev–Trinajstić information content (AvgIpc) is 2.16. The van der Waals surface area contributed by atoms with E-state index in [-0.39, 0.29) is 0 Å². The van der Waals surface area contributed by atoms with Crippen molar-refractivity contribution in [1.82, 2.24) is 4.90 Å². The molecule has 0 atom stereocenters. The van der Waals surface area contributed by atoms with Crippen molar-refractivity contribution in [2.45, 2.75) is 39.7 Å². The minimum absolute atomic E-state index is 0.624. The lowest BCUT2D eigenvalue weighted by molar-refractivity contribution is 0.0931. The zero-order valence-electron chi connectivity index (χ0n) is 9.76. The molecular weight excluding hydrogens is 242 g/mol. The first-order valence-corrected chi connectivity index (χ1v) is 6.72. The second-order valence-electron chi connectivity index (χ2n) is 3.78. The average molecular weight is 266 g/mol. The zero-order chi connectivity index (χ0) is 10.8. The van der Waals surface area contributed by atoms with Gasteiger partial charge in [0.1, 0.15) is 0 Å². The van der Waals surface area contributed by atoms with Gasteiger partial charge in [-0.25, -0.2) is 0 Å². The van der Waals surface area contributed by atoms with E-state index in [1.165, 1.54) is 13.0 Å². The minimum atomic E-state index is 0.624. The molecule has 0 amide bonds. The van der Waals surface area contributed by atoms with Crippen LogP contribution in [-0.2, 0) is 4.74 Å². The van der Waals surface area contributed by atoms with Gasteiger partial charge in [-0.05, 0) is 33.2 Å². The number of halogens is 1. The molecule has 0 aromatic carbocycles. The van der Waals surface area contributed by atoms with Crippen molar-refractivity contribution in [3.8, 4) is 0 Å². The quantitative estimate of drug-likeness (QED) is 0.470. The van der Waals surface area contributed by atoms with Crippen LogP contribution in [0.4, 0.5) is 0 Å². The standard InChI is InChI=1S/C11H24BrNO/c1-4-9-14-10-8-13(11(2)3)7-5-6-12/h11H,4-10H2,1-3H3. The van der Waals surface area contributed by atoms with Gasteiger partial charge in [0.25, 0.3) is 0 Å². The number of rotatable bonds is 9. The van der Waals surface area contributed by atoms with E-state index >= 15 is 0 Å². The molecule has 86 valence electrons. The first kappa shape index (κ1) is 14.4. The molecule has 0 aromatic heterocycles. The first-order chi connectivity index (χ1) is 6.72. The van der Waals surface area contributed by atoms with E-state index in [2.05, 4.69) is 41.6 Å². The predicted octanol–water partition coefficient (Wildman–Crippen LogP) is 2.91. The van der Waals surface area contributed by atoms with Crippen LogP contribution in [0.2, 0.25) is 0 Å². The molecule has 0 spiro atoms. The topological polar surface area (TPSA) is 12.5 Å². The third kappa shape index (κ3) is 7.77. The van der Waals surface area contributed by atoms with Crippen molar-refractivity contribution >= 4 is 15.9 Å². The van der Waals surface area contributed by atoms with E-state index in [1.807, 2.05) is 0 Å². The summed E-state index contributed by atoms with van der Waals surface area (Å²) in [5.41, 5.74) is 0. The highest BCUT2D eigenvalue weighted by Gasteiger charge is 2.07.